The minimum Gasteiger partial charge on any atom is -0.121 e. The van der Waals surface area contributed by atoms with Gasteiger partial charge in [0.2, 0.25) is 0 Å². The molecule has 0 saturated carbocycles. The second-order valence-corrected chi connectivity index (χ2v) is 5.95. The molecule has 0 aromatic carbocycles. The summed E-state index contributed by atoms with van der Waals surface area (Å²) in [5.41, 5.74) is 4.55. The highest BCUT2D eigenvalue weighted by atomic mass is 32.2. The maximum Gasteiger partial charge on any atom is 0.0382 e. The fourth-order valence-corrected chi connectivity index (χ4v) is 4.06. The highest BCUT2D eigenvalue weighted by molar-refractivity contribution is 8.04. The first kappa shape index (κ1) is 9.53. The second kappa shape index (κ2) is 3.41. The van der Waals surface area contributed by atoms with Gasteiger partial charge in [-0.05, 0) is 41.7 Å². The first-order valence-corrected chi connectivity index (χ1v) is 6.60. The fourth-order valence-electron chi connectivity index (χ4n) is 2.60. The van der Waals surface area contributed by atoms with Gasteiger partial charge in [-0.25, -0.2) is 0 Å². The quantitative estimate of drug-likeness (QED) is 0.584. The van der Waals surface area contributed by atoms with E-state index in [0.29, 0.717) is 5.25 Å². The Hall–Kier alpha value is -0.690. The summed E-state index contributed by atoms with van der Waals surface area (Å²) in [6, 6.07) is 0. The molecule has 2 atom stereocenters. The Morgan fingerprint density at radius 3 is 3.07 bits per heavy atom. The van der Waals surface area contributed by atoms with E-state index in [-0.39, 0.29) is 0 Å². The first-order chi connectivity index (χ1) is 7.25. The zero-order valence-electron chi connectivity index (χ0n) is 9.29. The molecule has 0 nitrogen and oxygen atoms in total. The van der Waals surface area contributed by atoms with Crippen LogP contribution in [0.3, 0.4) is 0 Å². The predicted octanol–water partition coefficient (Wildman–Crippen LogP) is 4.23. The lowest BCUT2D eigenvalue weighted by molar-refractivity contribution is 0.720. The van der Waals surface area contributed by atoms with Crippen LogP contribution < -0.4 is 0 Å². The number of hydrogen-bond acceptors (Lipinski definition) is 1. The van der Waals surface area contributed by atoms with Gasteiger partial charge in [0.05, 0.1) is 0 Å². The molecule has 0 spiro atoms. The molecule has 15 heavy (non-hydrogen) atoms. The van der Waals surface area contributed by atoms with Crippen molar-refractivity contribution in [2.75, 3.05) is 0 Å². The van der Waals surface area contributed by atoms with Crippen LogP contribution in [0.25, 0.3) is 0 Å². The molecule has 0 radical (unpaired) electrons. The Morgan fingerprint density at radius 2 is 2.20 bits per heavy atom. The molecule has 2 unspecified atom stereocenters. The van der Waals surface area contributed by atoms with E-state index < -0.39 is 0 Å². The summed E-state index contributed by atoms with van der Waals surface area (Å²) in [6.07, 6.45) is 11.9. The molecule has 1 aliphatic heterocycles. The number of rotatable bonds is 0. The summed E-state index contributed by atoms with van der Waals surface area (Å²) in [7, 11) is 0. The molecule has 0 fully saturated rings. The van der Waals surface area contributed by atoms with Gasteiger partial charge in [0, 0.05) is 5.25 Å². The molecule has 2 aliphatic carbocycles. The van der Waals surface area contributed by atoms with Crippen LogP contribution in [0.1, 0.15) is 26.7 Å². The van der Waals surface area contributed by atoms with Crippen LogP contribution in [0.4, 0.5) is 0 Å². The molecule has 3 rings (SSSR count). The smallest absolute Gasteiger partial charge is 0.0382 e. The van der Waals surface area contributed by atoms with E-state index in [0.717, 1.165) is 5.92 Å². The fraction of sp³-hybridized carbons (Fsp3) is 0.429. The first-order valence-electron chi connectivity index (χ1n) is 5.72. The summed E-state index contributed by atoms with van der Waals surface area (Å²) in [5.74, 6) is 0.738. The van der Waals surface area contributed by atoms with Crippen molar-refractivity contribution in [1.29, 1.82) is 0 Å². The Labute approximate surface area is 95.8 Å². The van der Waals surface area contributed by atoms with Crippen molar-refractivity contribution in [1.82, 2.24) is 0 Å². The van der Waals surface area contributed by atoms with E-state index >= 15 is 0 Å². The maximum absolute atomic E-state index is 2.38. The zero-order chi connectivity index (χ0) is 10.4. The SMILES string of the molecule is CC1=CCC2SC3=C(C=CCC3C)C2=C1. The van der Waals surface area contributed by atoms with E-state index in [4.69, 9.17) is 0 Å². The molecule has 0 N–H and O–H groups in total. The molecule has 78 valence electrons. The average Bonchev–Trinajstić information content (AvgIpc) is 2.58. The molecule has 3 aliphatic rings. The van der Waals surface area contributed by atoms with Crippen LogP contribution in [0.5, 0.6) is 0 Å². The molecule has 0 aromatic heterocycles. The van der Waals surface area contributed by atoms with E-state index in [1.807, 2.05) is 0 Å². The van der Waals surface area contributed by atoms with Gasteiger partial charge >= 0.3 is 0 Å². The lowest BCUT2D eigenvalue weighted by Gasteiger charge is -2.15. The van der Waals surface area contributed by atoms with Crippen LogP contribution in [-0.2, 0) is 0 Å². The predicted molar refractivity (Wildman–Crippen MR) is 67.8 cm³/mol. The van der Waals surface area contributed by atoms with Crippen molar-refractivity contribution in [2.24, 2.45) is 5.92 Å². The van der Waals surface area contributed by atoms with E-state index in [1.165, 1.54) is 24.0 Å². The van der Waals surface area contributed by atoms with Crippen molar-refractivity contribution in [3.05, 3.63) is 45.9 Å². The van der Waals surface area contributed by atoms with Gasteiger partial charge in [-0.1, -0.05) is 36.8 Å². The Kier molecular flexibility index (Phi) is 2.17. The third-order valence-electron chi connectivity index (χ3n) is 3.45. The zero-order valence-corrected chi connectivity index (χ0v) is 10.1. The summed E-state index contributed by atoms with van der Waals surface area (Å²) in [5, 5.41) is 0.712. The third kappa shape index (κ3) is 1.45. The molecular formula is C14H16S. The highest BCUT2D eigenvalue weighted by Gasteiger charge is 2.33. The maximum atomic E-state index is 2.38. The van der Waals surface area contributed by atoms with Crippen molar-refractivity contribution < 1.29 is 0 Å². The Bertz CT molecular complexity index is 421. The number of hydrogen-bond donors (Lipinski definition) is 0. The van der Waals surface area contributed by atoms with E-state index in [1.54, 1.807) is 10.5 Å². The lowest BCUT2D eigenvalue weighted by atomic mass is 9.88. The van der Waals surface area contributed by atoms with Gasteiger partial charge in [0.15, 0.2) is 0 Å². The van der Waals surface area contributed by atoms with Crippen LogP contribution in [0, 0.1) is 5.92 Å². The highest BCUT2D eigenvalue weighted by Crippen LogP contribution is 2.51. The van der Waals surface area contributed by atoms with Crippen molar-refractivity contribution in [3.63, 3.8) is 0 Å². The van der Waals surface area contributed by atoms with Crippen molar-refractivity contribution in [2.45, 2.75) is 31.9 Å². The van der Waals surface area contributed by atoms with Gasteiger partial charge < -0.3 is 0 Å². The number of fused-ring (bicyclic) bond motifs is 2. The van der Waals surface area contributed by atoms with Crippen LogP contribution in [0.15, 0.2) is 45.9 Å². The minimum absolute atomic E-state index is 0.712. The van der Waals surface area contributed by atoms with Gasteiger partial charge in [-0.3, -0.25) is 0 Å². The largest absolute Gasteiger partial charge is 0.121 e. The molecule has 0 aromatic rings. The number of thioether (sulfide) groups is 1. The normalized spacial score (nSPS) is 33.5. The van der Waals surface area contributed by atoms with E-state index in [2.05, 4.69) is 49.9 Å². The summed E-state index contributed by atoms with van der Waals surface area (Å²) in [6.45, 7) is 4.56. The summed E-state index contributed by atoms with van der Waals surface area (Å²) in [4.78, 5) is 1.64. The number of allylic oxidation sites excluding steroid dienone is 7. The molecule has 1 heteroatoms. The van der Waals surface area contributed by atoms with Crippen LogP contribution in [-0.4, -0.2) is 5.25 Å². The molecule has 1 heterocycles. The van der Waals surface area contributed by atoms with Gasteiger partial charge in [-0.15, -0.1) is 11.8 Å². The van der Waals surface area contributed by atoms with Crippen molar-refractivity contribution >= 4 is 11.8 Å². The molecule has 0 saturated heterocycles. The average molecular weight is 216 g/mol. The van der Waals surface area contributed by atoms with Crippen molar-refractivity contribution in [3.8, 4) is 0 Å². The van der Waals surface area contributed by atoms with Crippen LogP contribution in [0.2, 0.25) is 0 Å². The topological polar surface area (TPSA) is 0 Å². The molecular weight excluding hydrogens is 200 g/mol. The summed E-state index contributed by atoms with van der Waals surface area (Å²) < 4.78 is 0. The van der Waals surface area contributed by atoms with Gasteiger partial charge in [0.1, 0.15) is 0 Å². The monoisotopic (exact) mass is 216 g/mol. The third-order valence-corrected chi connectivity index (χ3v) is 5.06. The minimum atomic E-state index is 0.712. The van der Waals surface area contributed by atoms with E-state index in [9.17, 15) is 0 Å². The summed E-state index contributed by atoms with van der Waals surface area (Å²) >= 11 is 2.10. The molecule has 0 amide bonds. The lowest BCUT2D eigenvalue weighted by Crippen LogP contribution is -2.05. The van der Waals surface area contributed by atoms with Gasteiger partial charge in [0.25, 0.3) is 0 Å². The molecule has 0 bridgehead atoms. The standard InChI is InChI=1S/C14H16S/c1-9-6-7-13-12(8-9)11-5-3-4-10(2)14(11)15-13/h3,5-6,8,10,13H,4,7H2,1-2H3. The van der Waals surface area contributed by atoms with Gasteiger partial charge in [-0.2, -0.15) is 0 Å². The second-order valence-electron chi connectivity index (χ2n) is 4.71. The Morgan fingerprint density at radius 1 is 1.33 bits per heavy atom. The Balaban J connectivity index is 2.06. The van der Waals surface area contributed by atoms with Crippen LogP contribution >= 0.6 is 11.8 Å².